The highest BCUT2D eigenvalue weighted by molar-refractivity contribution is 6.05. The number of carbonyl (C=O) groups excluding carboxylic acids is 1. The first-order chi connectivity index (χ1) is 14.0. The Kier molecular flexibility index (Phi) is 6.19. The summed E-state index contributed by atoms with van der Waals surface area (Å²) in [5, 5.41) is 10.2. The number of nitrogens with one attached hydrogen (secondary N) is 2. The van der Waals surface area contributed by atoms with Crippen molar-refractivity contribution in [1.29, 1.82) is 5.41 Å². The molecule has 1 heterocycles. The molecule has 1 fully saturated rings. The van der Waals surface area contributed by atoms with Crippen molar-refractivity contribution in [2.45, 2.75) is 12.8 Å². The van der Waals surface area contributed by atoms with Crippen molar-refractivity contribution in [2.24, 2.45) is 11.5 Å². The molecule has 0 atom stereocenters. The summed E-state index contributed by atoms with van der Waals surface area (Å²) in [6.07, 6.45) is 7.04. The van der Waals surface area contributed by atoms with E-state index >= 15 is 0 Å². The number of nitrogens with zero attached hydrogens (tertiary/aromatic N) is 1. The first kappa shape index (κ1) is 20.0. The molecular formula is C22H26N6O. The third-order valence-electron chi connectivity index (χ3n) is 4.86. The second-order valence-electron chi connectivity index (χ2n) is 6.93. The molecule has 0 bridgehead atoms. The number of benzene rings is 2. The largest absolute Gasteiger partial charge is 0.398 e. The Morgan fingerprint density at radius 1 is 1.03 bits per heavy atom. The van der Waals surface area contributed by atoms with Crippen molar-refractivity contribution in [3.05, 3.63) is 77.1 Å². The summed E-state index contributed by atoms with van der Waals surface area (Å²) >= 11 is 0. The molecule has 150 valence electrons. The van der Waals surface area contributed by atoms with Crippen LogP contribution < -0.4 is 22.5 Å². The number of allylic oxidation sites excluding steroid dienone is 2. The first-order valence-corrected chi connectivity index (χ1v) is 9.47. The van der Waals surface area contributed by atoms with Crippen LogP contribution in [0.25, 0.3) is 5.70 Å². The Morgan fingerprint density at radius 3 is 2.52 bits per heavy atom. The predicted molar refractivity (Wildman–Crippen MR) is 118 cm³/mol. The van der Waals surface area contributed by atoms with Gasteiger partial charge < -0.3 is 32.8 Å². The summed E-state index contributed by atoms with van der Waals surface area (Å²) in [4.78, 5) is 14.7. The molecule has 0 aliphatic carbocycles. The summed E-state index contributed by atoms with van der Waals surface area (Å²) in [6.45, 7) is 1.95. The number of nitrogen functional groups attached to an aromatic ring is 1. The second-order valence-corrected chi connectivity index (χ2v) is 6.93. The van der Waals surface area contributed by atoms with Gasteiger partial charge in [-0.15, -0.1) is 0 Å². The Morgan fingerprint density at radius 2 is 1.79 bits per heavy atom. The van der Waals surface area contributed by atoms with E-state index in [1.807, 2.05) is 18.2 Å². The van der Waals surface area contributed by atoms with Crippen molar-refractivity contribution in [2.75, 3.05) is 24.1 Å². The number of hydrogen-bond acceptors (Lipinski definition) is 6. The lowest BCUT2D eigenvalue weighted by Crippen LogP contribution is -2.24. The number of nitrogens with two attached hydrogens (primary N) is 3. The Bertz CT molecular complexity index is 973. The fraction of sp³-hybridized carbons (Fsp3) is 0.182. The monoisotopic (exact) mass is 390 g/mol. The molecular weight excluding hydrogens is 364 g/mol. The van der Waals surface area contributed by atoms with E-state index in [1.54, 1.807) is 36.4 Å². The number of rotatable bonds is 6. The fourth-order valence-corrected chi connectivity index (χ4v) is 3.17. The van der Waals surface area contributed by atoms with Crippen LogP contribution in [0.3, 0.4) is 0 Å². The summed E-state index contributed by atoms with van der Waals surface area (Å²) in [5.74, 6) is 0.422. The standard InChI is InChI=1S/C22H26N6O/c23-14-17-12-16(6-7-20(17)25)22(29)27-18-5-3-4-15(13-18)19(24)8-9-21(26)28-10-1-2-11-28/h3-9,12-14,23H,1-2,10-11,24-26H2,(H,27,29)/b19-8-,21-9+,23-14?. The van der Waals surface area contributed by atoms with E-state index in [-0.39, 0.29) is 5.91 Å². The molecule has 2 aromatic rings. The molecule has 2 aromatic carbocycles. The Labute approximate surface area is 170 Å². The number of anilines is 2. The molecule has 1 aliphatic rings. The van der Waals surface area contributed by atoms with E-state index in [9.17, 15) is 4.79 Å². The van der Waals surface area contributed by atoms with Crippen LogP contribution in [0, 0.1) is 5.41 Å². The smallest absolute Gasteiger partial charge is 0.255 e. The van der Waals surface area contributed by atoms with Crippen molar-refractivity contribution in [3.63, 3.8) is 0 Å². The number of likely N-dealkylation sites (tertiary alicyclic amines) is 1. The van der Waals surface area contributed by atoms with Crippen LogP contribution in [0.5, 0.6) is 0 Å². The van der Waals surface area contributed by atoms with Gasteiger partial charge in [-0.05, 0) is 60.9 Å². The van der Waals surface area contributed by atoms with E-state index in [1.165, 1.54) is 0 Å². The van der Waals surface area contributed by atoms with Gasteiger partial charge in [0.2, 0.25) is 0 Å². The second kappa shape index (κ2) is 8.97. The van der Waals surface area contributed by atoms with E-state index < -0.39 is 0 Å². The lowest BCUT2D eigenvalue weighted by molar-refractivity contribution is 0.102. The molecule has 1 aliphatic heterocycles. The van der Waals surface area contributed by atoms with E-state index in [2.05, 4.69) is 10.2 Å². The van der Waals surface area contributed by atoms with Crippen molar-refractivity contribution in [1.82, 2.24) is 4.90 Å². The summed E-state index contributed by atoms with van der Waals surface area (Å²) in [6, 6.07) is 12.1. The predicted octanol–water partition coefficient (Wildman–Crippen LogP) is 2.71. The topological polar surface area (TPSA) is 134 Å². The lowest BCUT2D eigenvalue weighted by Gasteiger charge is -2.16. The lowest BCUT2D eigenvalue weighted by atomic mass is 10.1. The third-order valence-corrected chi connectivity index (χ3v) is 4.86. The van der Waals surface area contributed by atoms with Crippen molar-refractivity contribution < 1.29 is 4.79 Å². The minimum atomic E-state index is -0.286. The highest BCUT2D eigenvalue weighted by atomic mass is 16.1. The minimum Gasteiger partial charge on any atom is -0.398 e. The van der Waals surface area contributed by atoms with Gasteiger partial charge in [-0.25, -0.2) is 0 Å². The van der Waals surface area contributed by atoms with Gasteiger partial charge in [0, 0.05) is 47.5 Å². The summed E-state index contributed by atoms with van der Waals surface area (Å²) in [7, 11) is 0. The molecule has 7 heteroatoms. The van der Waals surface area contributed by atoms with Gasteiger partial charge in [-0.1, -0.05) is 12.1 Å². The van der Waals surface area contributed by atoms with Crippen LogP contribution in [0.1, 0.15) is 34.3 Å². The maximum atomic E-state index is 12.5. The summed E-state index contributed by atoms with van der Waals surface area (Å²) < 4.78 is 0. The Hall–Kier alpha value is -3.74. The van der Waals surface area contributed by atoms with Gasteiger partial charge in [0.25, 0.3) is 5.91 Å². The number of carbonyl (C=O) groups is 1. The van der Waals surface area contributed by atoms with Crippen LogP contribution in [0.15, 0.2) is 60.4 Å². The average Bonchev–Trinajstić information content (AvgIpc) is 3.27. The van der Waals surface area contributed by atoms with Crippen LogP contribution in [-0.2, 0) is 0 Å². The van der Waals surface area contributed by atoms with Gasteiger partial charge in [0.05, 0.1) is 5.82 Å². The maximum absolute atomic E-state index is 12.5. The van der Waals surface area contributed by atoms with E-state index in [0.29, 0.717) is 34.0 Å². The van der Waals surface area contributed by atoms with Crippen molar-refractivity contribution in [3.8, 4) is 0 Å². The summed E-state index contributed by atoms with van der Waals surface area (Å²) in [5.41, 5.74) is 21.4. The molecule has 0 aromatic heterocycles. The Balaban J connectivity index is 1.73. The average molecular weight is 390 g/mol. The minimum absolute atomic E-state index is 0.286. The highest BCUT2D eigenvalue weighted by Crippen LogP contribution is 2.18. The normalized spacial score (nSPS) is 14.7. The van der Waals surface area contributed by atoms with Crippen LogP contribution in [0.4, 0.5) is 11.4 Å². The molecule has 3 rings (SSSR count). The fourth-order valence-electron chi connectivity index (χ4n) is 3.17. The van der Waals surface area contributed by atoms with E-state index in [0.717, 1.165) is 37.7 Å². The highest BCUT2D eigenvalue weighted by Gasteiger charge is 2.12. The number of amides is 1. The van der Waals surface area contributed by atoms with Gasteiger partial charge in [0.1, 0.15) is 0 Å². The SMILES string of the molecule is N=Cc1cc(C(=O)Nc2cccc(/C(N)=C/C=C(\N)N3CCCC3)c2)ccc1N. The zero-order valence-corrected chi connectivity index (χ0v) is 16.2. The van der Waals surface area contributed by atoms with Gasteiger partial charge >= 0.3 is 0 Å². The van der Waals surface area contributed by atoms with Gasteiger partial charge in [0.15, 0.2) is 0 Å². The molecule has 7 nitrogen and oxygen atoms in total. The van der Waals surface area contributed by atoms with E-state index in [4.69, 9.17) is 22.6 Å². The number of hydrogen-bond donors (Lipinski definition) is 5. The molecule has 8 N–H and O–H groups in total. The van der Waals surface area contributed by atoms with Gasteiger partial charge in [-0.3, -0.25) is 4.79 Å². The zero-order chi connectivity index (χ0) is 20.8. The van der Waals surface area contributed by atoms with Gasteiger partial charge in [-0.2, -0.15) is 0 Å². The van der Waals surface area contributed by atoms with Crippen LogP contribution in [-0.4, -0.2) is 30.1 Å². The quantitative estimate of drug-likeness (QED) is 0.294. The zero-order valence-electron chi connectivity index (χ0n) is 16.2. The molecule has 29 heavy (non-hydrogen) atoms. The van der Waals surface area contributed by atoms with Crippen LogP contribution in [0.2, 0.25) is 0 Å². The molecule has 0 saturated carbocycles. The van der Waals surface area contributed by atoms with Crippen LogP contribution >= 0.6 is 0 Å². The maximum Gasteiger partial charge on any atom is 0.255 e. The molecule has 0 unspecified atom stereocenters. The molecule has 0 spiro atoms. The first-order valence-electron chi connectivity index (χ1n) is 9.47. The molecule has 0 radical (unpaired) electrons. The van der Waals surface area contributed by atoms with Crippen molar-refractivity contribution >= 4 is 29.2 Å². The third kappa shape index (κ3) is 4.95. The molecule has 1 saturated heterocycles. The molecule has 1 amide bonds.